The molecule has 3 atom stereocenters. The number of thiophene rings is 1. The minimum Gasteiger partial charge on any atom is -0.449 e. The number of hydrogen-bond donors (Lipinski definition) is 0. The van der Waals surface area contributed by atoms with E-state index in [0.29, 0.717) is 24.4 Å². The number of hydrogen-bond acceptors (Lipinski definition) is 6. The van der Waals surface area contributed by atoms with Gasteiger partial charge in [0, 0.05) is 22.8 Å². The van der Waals surface area contributed by atoms with E-state index in [1.165, 1.54) is 9.78 Å². The highest BCUT2D eigenvalue weighted by atomic mass is 32.2. The quantitative estimate of drug-likeness (QED) is 0.693. The van der Waals surface area contributed by atoms with Crippen molar-refractivity contribution in [2.75, 3.05) is 18.1 Å². The molecular formula is C19H27NO5S2. The molecule has 0 radical (unpaired) electrons. The molecule has 2 heterocycles. The molecule has 1 amide bonds. The molecule has 1 saturated heterocycles. The molecule has 3 unspecified atom stereocenters. The Kier molecular flexibility index (Phi) is 5.96. The van der Waals surface area contributed by atoms with Crippen LogP contribution in [0.4, 0.5) is 0 Å². The predicted octanol–water partition coefficient (Wildman–Crippen LogP) is 2.45. The van der Waals surface area contributed by atoms with Crippen LogP contribution in [-0.2, 0) is 32.2 Å². The van der Waals surface area contributed by atoms with Gasteiger partial charge in [0.05, 0.1) is 17.1 Å². The van der Waals surface area contributed by atoms with Crippen molar-refractivity contribution in [3.8, 4) is 0 Å². The van der Waals surface area contributed by atoms with Crippen molar-refractivity contribution in [3.63, 3.8) is 0 Å². The fourth-order valence-electron chi connectivity index (χ4n) is 3.97. The molecular weight excluding hydrogens is 386 g/mol. The van der Waals surface area contributed by atoms with Crippen molar-refractivity contribution in [3.05, 3.63) is 21.4 Å². The van der Waals surface area contributed by atoms with Crippen molar-refractivity contribution in [2.45, 2.75) is 58.6 Å². The predicted molar refractivity (Wildman–Crippen MR) is 105 cm³/mol. The van der Waals surface area contributed by atoms with Crippen LogP contribution in [0, 0.1) is 5.92 Å². The first-order valence-corrected chi connectivity index (χ1v) is 12.2. The Bertz CT molecular complexity index is 829. The lowest BCUT2D eigenvalue weighted by Gasteiger charge is -2.29. The van der Waals surface area contributed by atoms with Gasteiger partial charge in [-0.05, 0) is 51.0 Å². The number of carbonyl (C=O) groups is 2. The van der Waals surface area contributed by atoms with E-state index in [1.54, 1.807) is 18.3 Å². The second kappa shape index (κ2) is 7.91. The molecule has 6 nitrogen and oxygen atoms in total. The first-order valence-electron chi connectivity index (χ1n) is 9.53. The van der Waals surface area contributed by atoms with Crippen molar-refractivity contribution in [2.24, 2.45) is 5.92 Å². The monoisotopic (exact) mass is 413 g/mol. The highest BCUT2D eigenvalue weighted by Gasteiger charge is 2.36. The van der Waals surface area contributed by atoms with E-state index in [9.17, 15) is 18.0 Å². The molecule has 3 rings (SSSR count). The molecule has 1 aromatic rings. The lowest BCUT2D eigenvalue weighted by molar-refractivity contribution is -0.141. The van der Waals surface area contributed by atoms with Crippen LogP contribution in [-0.4, -0.2) is 55.4 Å². The minimum atomic E-state index is -3.08. The van der Waals surface area contributed by atoms with Crippen LogP contribution in [0.25, 0.3) is 0 Å². The van der Waals surface area contributed by atoms with E-state index in [4.69, 9.17) is 4.74 Å². The number of rotatable bonds is 5. The number of fused-ring (bicyclic) bond motifs is 1. The van der Waals surface area contributed by atoms with Gasteiger partial charge in [-0.15, -0.1) is 11.3 Å². The zero-order valence-corrected chi connectivity index (χ0v) is 17.7. The molecule has 0 spiro atoms. The Morgan fingerprint density at radius 1 is 1.37 bits per heavy atom. The summed E-state index contributed by atoms with van der Waals surface area (Å²) in [6, 6.07) is -0.330. The number of sulfone groups is 1. The van der Waals surface area contributed by atoms with Crippen LogP contribution in [0.1, 0.15) is 54.4 Å². The van der Waals surface area contributed by atoms with E-state index >= 15 is 0 Å². The second-order valence-electron chi connectivity index (χ2n) is 7.63. The van der Waals surface area contributed by atoms with Gasteiger partial charge in [-0.3, -0.25) is 4.79 Å². The summed E-state index contributed by atoms with van der Waals surface area (Å²) in [6.07, 6.45) is 2.42. The third-order valence-corrected chi connectivity index (χ3v) is 8.33. The van der Waals surface area contributed by atoms with E-state index < -0.39 is 21.9 Å². The van der Waals surface area contributed by atoms with Gasteiger partial charge >= 0.3 is 5.97 Å². The van der Waals surface area contributed by atoms with Gasteiger partial charge in [-0.25, -0.2) is 13.2 Å². The molecule has 1 aliphatic carbocycles. The fraction of sp³-hybridized carbons (Fsp3) is 0.684. The Balaban J connectivity index is 1.66. The zero-order chi connectivity index (χ0) is 19.8. The summed E-state index contributed by atoms with van der Waals surface area (Å²) >= 11 is 1.59. The van der Waals surface area contributed by atoms with E-state index in [1.807, 2.05) is 12.3 Å². The van der Waals surface area contributed by atoms with Crippen molar-refractivity contribution < 1.29 is 22.7 Å². The van der Waals surface area contributed by atoms with Gasteiger partial charge in [0.25, 0.3) is 5.91 Å². The van der Waals surface area contributed by atoms with E-state index in [-0.39, 0.29) is 23.5 Å². The maximum absolute atomic E-state index is 12.8. The van der Waals surface area contributed by atoms with Gasteiger partial charge in [-0.2, -0.15) is 0 Å². The molecule has 1 aromatic heterocycles. The summed E-state index contributed by atoms with van der Waals surface area (Å²) in [5.74, 6) is -0.0663. The average Bonchev–Trinajstić information content (AvgIpc) is 3.18. The number of ether oxygens (including phenoxy) is 1. The molecule has 1 aliphatic heterocycles. The molecule has 150 valence electrons. The Labute approximate surface area is 164 Å². The highest BCUT2D eigenvalue weighted by molar-refractivity contribution is 7.91. The Hall–Kier alpha value is -1.41. The van der Waals surface area contributed by atoms with Crippen molar-refractivity contribution in [1.29, 1.82) is 0 Å². The number of carbonyl (C=O) groups excluding carboxylic acids is 2. The molecule has 0 bridgehead atoms. The third kappa shape index (κ3) is 4.37. The Morgan fingerprint density at radius 3 is 2.74 bits per heavy atom. The maximum atomic E-state index is 12.8. The number of amides is 1. The molecule has 27 heavy (non-hydrogen) atoms. The van der Waals surface area contributed by atoms with Gasteiger partial charge in [-0.1, -0.05) is 6.92 Å². The first-order chi connectivity index (χ1) is 12.7. The SMILES string of the molecule is CCN(C(=O)C(C)OC(=O)c1csc2c1CCC(C)C2)C1CCS(=O)(=O)C1. The standard InChI is InChI=1S/C19H27NO5S2/c1-4-20(14-7-8-27(23,24)11-14)18(21)13(3)25-19(22)16-10-26-17-9-12(2)5-6-15(16)17/h10,12-14H,4-9,11H2,1-3H3. The van der Waals surface area contributed by atoms with Crippen LogP contribution in [0.5, 0.6) is 0 Å². The molecule has 8 heteroatoms. The Morgan fingerprint density at radius 2 is 2.11 bits per heavy atom. The number of nitrogens with zero attached hydrogens (tertiary/aromatic N) is 1. The number of likely N-dealkylation sites (N-methyl/N-ethyl adjacent to an activating group) is 1. The number of esters is 1. The van der Waals surface area contributed by atoms with Crippen LogP contribution in [0.2, 0.25) is 0 Å². The molecule has 1 fully saturated rings. The molecule has 0 aromatic carbocycles. The van der Waals surface area contributed by atoms with Crippen molar-refractivity contribution in [1.82, 2.24) is 4.90 Å². The maximum Gasteiger partial charge on any atom is 0.340 e. The van der Waals surface area contributed by atoms with Gasteiger partial charge in [0.15, 0.2) is 15.9 Å². The van der Waals surface area contributed by atoms with Gasteiger partial charge in [0.2, 0.25) is 0 Å². The minimum absolute atomic E-state index is 0.0104. The zero-order valence-electron chi connectivity index (χ0n) is 16.1. The average molecular weight is 414 g/mol. The first kappa shape index (κ1) is 20.3. The summed E-state index contributed by atoms with van der Waals surface area (Å²) in [4.78, 5) is 28.2. The van der Waals surface area contributed by atoms with Gasteiger partial charge in [0.1, 0.15) is 0 Å². The summed E-state index contributed by atoms with van der Waals surface area (Å²) in [7, 11) is -3.08. The summed E-state index contributed by atoms with van der Waals surface area (Å²) in [5, 5.41) is 1.84. The molecule has 0 N–H and O–H groups in total. The topological polar surface area (TPSA) is 80.8 Å². The summed E-state index contributed by atoms with van der Waals surface area (Å²) < 4.78 is 28.9. The molecule has 0 saturated carbocycles. The fourth-order valence-corrected chi connectivity index (χ4v) is 6.94. The van der Waals surface area contributed by atoms with Crippen LogP contribution in [0.3, 0.4) is 0 Å². The van der Waals surface area contributed by atoms with Crippen LogP contribution < -0.4 is 0 Å². The highest BCUT2D eigenvalue weighted by Crippen LogP contribution is 2.33. The largest absolute Gasteiger partial charge is 0.449 e. The van der Waals surface area contributed by atoms with E-state index in [0.717, 1.165) is 24.8 Å². The summed E-state index contributed by atoms with van der Waals surface area (Å²) in [6.45, 7) is 5.98. The third-order valence-electron chi connectivity index (χ3n) is 5.53. The summed E-state index contributed by atoms with van der Waals surface area (Å²) in [5.41, 5.74) is 1.64. The lowest BCUT2D eigenvalue weighted by Crippen LogP contribution is -2.46. The van der Waals surface area contributed by atoms with Crippen LogP contribution in [0.15, 0.2) is 5.38 Å². The lowest BCUT2D eigenvalue weighted by atomic mass is 9.88. The van der Waals surface area contributed by atoms with E-state index in [2.05, 4.69) is 6.92 Å². The van der Waals surface area contributed by atoms with Crippen molar-refractivity contribution >= 4 is 33.1 Å². The second-order valence-corrected chi connectivity index (χ2v) is 10.8. The van der Waals surface area contributed by atoms with Crippen LogP contribution >= 0.6 is 11.3 Å². The normalized spacial score (nSPS) is 24.9. The molecule has 2 aliphatic rings. The smallest absolute Gasteiger partial charge is 0.340 e. The van der Waals surface area contributed by atoms with Gasteiger partial charge < -0.3 is 9.64 Å².